The van der Waals surface area contributed by atoms with Crippen molar-refractivity contribution in [2.45, 2.75) is 6.42 Å². The summed E-state index contributed by atoms with van der Waals surface area (Å²) < 4.78 is 0. The smallest absolute Gasteiger partial charge is 0.236 e. The third-order valence-electron chi connectivity index (χ3n) is 3.43. The van der Waals surface area contributed by atoms with Gasteiger partial charge in [0.05, 0.1) is 6.07 Å². The highest BCUT2D eigenvalue weighted by Crippen LogP contribution is 2.05. The molecule has 1 heterocycles. The molecule has 1 aromatic carbocycles. The third-order valence-corrected chi connectivity index (χ3v) is 3.43. The second-order valence-corrected chi connectivity index (χ2v) is 4.83. The minimum Gasteiger partial charge on any atom is -0.339 e. The number of carbonyl (C=O) groups is 1. The zero-order valence-corrected chi connectivity index (χ0v) is 11.5. The van der Waals surface area contributed by atoms with Crippen molar-refractivity contribution in [2.24, 2.45) is 0 Å². The summed E-state index contributed by atoms with van der Waals surface area (Å²) in [4.78, 5) is 15.7. The quantitative estimate of drug-likeness (QED) is 0.836. The number of rotatable bonds is 4. The number of carbonyl (C=O) groups excluding carboxylic acids is 1. The van der Waals surface area contributed by atoms with Crippen LogP contribution < -0.4 is 0 Å². The predicted molar refractivity (Wildman–Crippen MR) is 78.7 cm³/mol. The number of nitrogens with zero attached hydrogens (tertiary/aromatic N) is 3. The van der Waals surface area contributed by atoms with E-state index in [0.29, 0.717) is 0 Å². The van der Waals surface area contributed by atoms with E-state index in [1.165, 1.54) is 5.56 Å². The van der Waals surface area contributed by atoms with Gasteiger partial charge in [-0.2, -0.15) is 5.26 Å². The summed E-state index contributed by atoms with van der Waals surface area (Å²) >= 11 is 0. The van der Waals surface area contributed by atoms with Gasteiger partial charge in [-0.3, -0.25) is 9.69 Å². The second-order valence-electron chi connectivity index (χ2n) is 4.83. The molecule has 0 saturated carbocycles. The van der Waals surface area contributed by atoms with Crippen LogP contribution in [-0.4, -0.2) is 48.4 Å². The summed E-state index contributed by atoms with van der Waals surface area (Å²) in [7, 11) is 0. The van der Waals surface area contributed by atoms with Gasteiger partial charge in [0.25, 0.3) is 0 Å². The van der Waals surface area contributed by atoms with E-state index in [-0.39, 0.29) is 12.3 Å². The molecule has 1 aliphatic heterocycles. The molecule has 0 atom stereocenters. The van der Waals surface area contributed by atoms with Gasteiger partial charge in [0.15, 0.2) is 0 Å². The first-order chi connectivity index (χ1) is 9.79. The molecule has 0 unspecified atom stereocenters. The lowest BCUT2D eigenvalue weighted by Gasteiger charge is -2.33. The zero-order valence-electron chi connectivity index (χ0n) is 11.5. The van der Waals surface area contributed by atoms with Crippen LogP contribution in [0.15, 0.2) is 36.4 Å². The van der Waals surface area contributed by atoms with Gasteiger partial charge in [-0.15, -0.1) is 0 Å². The molecule has 0 spiro atoms. The van der Waals surface area contributed by atoms with Gasteiger partial charge in [-0.1, -0.05) is 42.5 Å². The van der Waals surface area contributed by atoms with Crippen LogP contribution in [0.3, 0.4) is 0 Å². The fourth-order valence-electron chi connectivity index (χ4n) is 2.26. The lowest BCUT2D eigenvalue weighted by atomic mass is 10.2. The number of nitriles is 1. The topological polar surface area (TPSA) is 47.3 Å². The van der Waals surface area contributed by atoms with Crippen LogP contribution in [0, 0.1) is 11.3 Å². The van der Waals surface area contributed by atoms with Crippen molar-refractivity contribution in [2.75, 3.05) is 32.7 Å². The molecule has 4 nitrogen and oxygen atoms in total. The highest BCUT2D eigenvalue weighted by molar-refractivity contribution is 5.78. The number of benzene rings is 1. The van der Waals surface area contributed by atoms with Crippen LogP contribution in [-0.2, 0) is 4.79 Å². The summed E-state index contributed by atoms with van der Waals surface area (Å²) in [5, 5.41) is 8.53. The van der Waals surface area contributed by atoms with Gasteiger partial charge < -0.3 is 4.90 Å². The number of amides is 1. The Kier molecular flexibility index (Phi) is 5.33. The van der Waals surface area contributed by atoms with Crippen LogP contribution in [0.25, 0.3) is 6.08 Å². The highest BCUT2D eigenvalue weighted by Gasteiger charge is 2.19. The molecule has 1 saturated heterocycles. The monoisotopic (exact) mass is 269 g/mol. The van der Waals surface area contributed by atoms with Crippen LogP contribution in [0.1, 0.15) is 12.0 Å². The van der Waals surface area contributed by atoms with E-state index in [1.54, 1.807) is 4.90 Å². The van der Waals surface area contributed by atoms with Crippen molar-refractivity contribution in [1.29, 1.82) is 5.26 Å². The van der Waals surface area contributed by atoms with Crippen LogP contribution in [0.2, 0.25) is 0 Å². The molecular weight excluding hydrogens is 250 g/mol. The first-order valence-electron chi connectivity index (χ1n) is 6.88. The second kappa shape index (κ2) is 7.46. The molecule has 4 heteroatoms. The van der Waals surface area contributed by atoms with Crippen molar-refractivity contribution >= 4 is 12.0 Å². The Morgan fingerprint density at radius 2 is 1.90 bits per heavy atom. The predicted octanol–water partition coefficient (Wildman–Crippen LogP) is 1.76. The minimum atomic E-state index is -0.0491. The molecule has 1 fully saturated rings. The van der Waals surface area contributed by atoms with Gasteiger partial charge in [0.1, 0.15) is 6.42 Å². The summed E-state index contributed by atoms with van der Waals surface area (Å²) in [6.07, 6.45) is 4.27. The molecule has 1 amide bonds. The molecule has 2 rings (SSSR count). The highest BCUT2D eigenvalue weighted by atomic mass is 16.2. The molecule has 0 radical (unpaired) electrons. The largest absolute Gasteiger partial charge is 0.339 e. The van der Waals surface area contributed by atoms with E-state index in [1.807, 2.05) is 24.3 Å². The van der Waals surface area contributed by atoms with Gasteiger partial charge in [0, 0.05) is 32.7 Å². The normalized spacial score (nSPS) is 16.2. The van der Waals surface area contributed by atoms with Gasteiger partial charge in [0.2, 0.25) is 5.91 Å². The third kappa shape index (κ3) is 4.22. The first kappa shape index (κ1) is 14.3. The standard InChI is InChI=1S/C16H19N3O/c17-9-8-16(20)19-13-11-18(12-14-19)10-4-7-15-5-2-1-3-6-15/h1-7H,8,10-14H2. The number of hydrogen-bond donors (Lipinski definition) is 0. The van der Waals surface area contributed by atoms with Gasteiger partial charge in [-0.05, 0) is 5.56 Å². The molecule has 104 valence electrons. The molecular formula is C16H19N3O. The average Bonchev–Trinajstić information content (AvgIpc) is 2.49. The van der Waals surface area contributed by atoms with E-state index in [4.69, 9.17) is 5.26 Å². The summed E-state index contributed by atoms with van der Waals surface area (Å²) in [6, 6.07) is 12.1. The average molecular weight is 269 g/mol. The molecule has 0 bridgehead atoms. The fraction of sp³-hybridized carbons (Fsp3) is 0.375. The van der Waals surface area contributed by atoms with Gasteiger partial charge in [-0.25, -0.2) is 0 Å². The van der Waals surface area contributed by atoms with Crippen molar-refractivity contribution in [3.8, 4) is 6.07 Å². The van der Waals surface area contributed by atoms with E-state index in [0.717, 1.165) is 32.7 Å². The lowest BCUT2D eigenvalue weighted by Crippen LogP contribution is -2.48. The van der Waals surface area contributed by atoms with Crippen LogP contribution in [0.5, 0.6) is 0 Å². The molecule has 1 aliphatic rings. The Morgan fingerprint density at radius 3 is 2.55 bits per heavy atom. The van der Waals surface area contributed by atoms with Crippen LogP contribution >= 0.6 is 0 Å². The van der Waals surface area contributed by atoms with Crippen LogP contribution in [0.4, 0.5) is 0 Å². The van der Waals surface area contributed by atoms with Crippen molar-refractivity contribution in [1.82, 2.24) is 9.80 Å². The summed E-state index contributed by atoms with van der Waals surface area (Å²) in [5.74, 6) is -0.0491. The van der Waals surface area contributed by atoms with E-state index in [9.17, 15) is 4.79 Å². The molecule has 0 aromatic heterocycles. The zero-order chi connectivity index (χ0) is 14.2. The Balaban J connectivity index is 1.74. The van der Waals surface area contributed by atoms with Crippen molar-refractivity contribution < 1.29 is 4.79 Å². The Hall–Kier alpha value is -2.12. The SMILES string of the molecule is N#CCC(=O)N1CCN(CC=Cc2ccccc2)CC1. The number of hydrogen-bond acceptors (Lipinski definition) is 3. The van der Waals surface area contributed by atoms with Gasteiger partial charge >= 0.3 is 0 Å². The molecule has 20 heavy (non-hydrogen) atoms. The van der Waals surface area contributed by atoms with Crippen molar-refractivity contribution in [3.05, 3.63) is 42.0 Å². The van der Waals surface area contributed by atoms with E-state index >= 15 is 0 Å². The first-order valence-corrected chi connectivity index (χ1v) is 6.88. The Bertz CT molecular complexity index is 496. The summed E-state index contributed by atoms with van der Waals surface area (Å²) in [5.41, 5.74) is 1.20. The maximum absolute atomic E-state index is 11.6. The minimum absolute atomic E-state index is 0.00604. The van der Waals surface area contributed by atoms with E-state index in [2.05, 4.69) is 29.2 Å². The Morgan fingerprint density at radius 1 is 1.20 bits per heavy atom. The van der Waals surface area contributed by atoms with E-state index < -0.39 is 0 Å². The summed E-state index contributed by atoms with van der Waals surface area (Å²) in [6.45, 7) is 4.08. The fourth-order valence-corrected chi connectivity index (χ4v) is 2.26. The number of piperazine rings is 1. The maximum Gasteiger partial charge on any atom is 0.236 e. The molecule has 0 aliphatic carbocycles. The van der Waals surface area contributed by atoms with Crippen molar-refractivity contribution in [3.63, 3.8) is 0 Å². The maximum atomic E-state index is 11.6. The molecule has 0 N–H and O–H groups in total. The Labute approximate surface area is 119 Å². The molecule has 1 aromatic rings. The lowest BCUT2D eigenvalue weighted by molar-refractivity contribution is -0.131.